The molecule has 1 heterocycles. The molecule has 2 N–H and O–H groups in total. The summed E-state index contributed by atoms with van der Waals surface area (Å²) in [5.41, 5.74) is 0.220. The number of aromatic nitrogens is 1. The molecule has 0 amide bonds. The molecule has 0 saturated carbocycles. The minimum Gasteiger partial charge on any atom is -0.481 e. The first-order valence-corrected chi connectivity index (χ1v) is 8.88. The molecular weight excluding hydrogens is 385 g/mol. The van der Waals surface area contributed by atoms with Gasteiger partial charge in [-0.3, -0.25) is 9.52 Å². The Labute approximate surface area is 144 Å². The summed E-state index contributed by atoms with van der Waals surface area (Å²) in [6.45, 7) is 1.31. The van der Waals surface area contributed by atoms with Crippen molar-refractivity contribution < 1.29 is 36.2 Å². The van der Waals surface area contributed by atoms with Crippen LogP contribution < -0.4 is 9.46 Å². The van der Waals surface area contributed by atoms with Gasteiger partial charge < -0.3 is 9.84 Å². The lowest BCUT2D eigenvalue weighted by molar-refractivity contribution is -0.274. The van der Waals surface area contributed by atoms with Gasteiger partial charge in [0.1, 0.15) is 5.75 Å². The molecule has 0 bridgehead atoms. The number of ether oxygens (including phenoxy) is 1. The number of carboxylic acids is 1. The van der Waals surface area contributed by atoms with Crippen molar-refractivity contribution in [3.8, 4) is 5.75 Å². The maximum absolute atomic E-state index is 12.3. The second kappa shape index (κ2) is 6.88. The van der Waals surface area contributed by atoms with Gasteiger partial charge in [-0.2, -0.15) is 0 Å². The van der Waals surface area contributed by atoms with Crippen molar-refractivity contribution in [2.24, 2.45) is 0 Å². The van der Waals surface area contributed by atoms with Crippen LogP contribution in [0.1, 0.15) is 11.3 Å². The van der Waals surface area contributed by atoms with Crippen molar-refractivity contribution in [2.45, 2.75) is 24.6 Å². The molecule has 2 aromatic rings. The van der Waals surface area contributed by atoms with Crippen LogP contribution in [0.3, 0.4) is 0 Å². The first-order valence-electron chi connectivity index (χ1n) is 6.52. The van der Waals surface area contributed by atoms with E-state index in [1.807, 2.05) is 0 Å². The predicted octanol–water partition coefficient (Wildman–Crippen LogP) is 2.78. The van der Waals surface area contributed by atoms with Crippen LogP contribution in [0.15, 0.2) is 28.5 Å². The van der Waals surface area contributed by atoms with E-state index in [-0.39, 0.29) is 27.7 Å². The number of benzene rings is 1. The smallest absolute Gasteiger partial charge is 0.481 e. The number of sulfonamides is 1. The number of carbonyl (C=O) groups is 1. The van der Waals surface area contributed by atoms with Crippen molar-refractivity contribution in [3.05, 3.63) is 34.8 Å². The van der Waals surface area contributed by atoms with E-state index >= 15 is 0 Å². The van der Waals surface area contributed by atoms with Gasteiger partial charge in [-0.15, -0.1) is 24.5 Å². The van der Waals surface area contributed by atoms with Crippen LogP contribution in [0.2, 0.25) is 0 Å². The minimum absolute atomic E-state index is 0.0385. The van der Waals surface area contributed by atoms with E-state index in [2.05, 4.69) is 14.4 Å². The number of nitrogens with one attached hydrogen (secondary N) is 1. The van der Waals surface area contributed by atoms with Crippen LogP contribution in [0.25, 0.3) is 0 Å². The Hall–Kier alpha value is -2.34. The van der Waals surface area contributed by atoms with Crippen LogP contribution >= 0.6 is 11.3 Å². The average molecular weight is 396 g/mol. The fourth-order valence-corrected chi connectivity index (χ4v) is 4.07. The first kappa shape index (κ1) is 19.0. The fraction of sp³-hybridized carbons (Fsp3) is 0.231. The Kier molecular flexibility index (Phi) is 5.23. The van der Waals surface area contributed by atoms with Gasteiger partial charge in [0.05, 0.1) is 17.0 Å². The van der Waals surface area contributed by atoms with Gasteiger partial charge in [-0.1, -0.05) is 0 Å². The summed E-state index contributed by atoms with van der Waals surface area (Å²) in [6, 6.07) is 2.80. The summed E-state index contributed by atoms with van der Waals surface area (Å²) >= 11 is 0.892. The van der Waals surface area contributed by atoms with E-state index in [0.717, 1.165) is 29.5 Å². The van der Waals surface area contributed by atoms with Gasteiger partial charge in [0.25, 0.3) is 10.0 Å². The van der Waals surface area contributed by atoms with E-state index in [0.29, 0.717) is 0 Å². The van der Waals surface area contributed by atoms with Gasteiger partial charge in [-0.05, 0) is 30.7 Å². The molecule has 136 valence electrons. The Bertz CT molecular complexity index is 893. The van der Waals surface area contributed by atoms with Crippen LogP contribution in [-0.4, -0.2) is 30.8 Å². The topological polar surface area (TPSA) is 106 Å². The number of rotatable bonds is 6. The molecule has 0 unspecified atom stereocenters. The number of thiazole rings is 1. The molecule has 0 spiro atoms. The van der Waals surface area contributed by atoms with Crippen LogP contribution in [0, 0.1) is 6.92 Å². The predicted molar refractivity (Wildman–Crippen MR) is 82.1 cm³/mol. The van der Waals surface area contributed by atoms with Crippen molar-refractivity contribution in [1.82, 2.24) is 4.98 Å². The molecule has 0 aliphatic rings. The molecule has 1 aromatic heterocycles. The van der Waals surface area contributed by atoms with Gasteiger partial charge in [0.2, 0.25) is 0 Å². The molecule has 12 heteroatoms. The third-order valence-electron chi connectivity index (χ3n) is 2.78. The number of hydrogen-bond donors (Lipinski definition) is 2. The van der Waals surface area contributed by atoms with Crippen LogP contribution in [0.5, 0.6) is 5.75 Å². The van der Waals surface area contributed by atoms with Crippen molar-refractivity contribution in [2.75, 3.05) is 4.72 Å². The maximum Gasteiger partial charge on any atom is 0.573 e. The summed E-state index contributed by atoms with van der Waals surface area (Å²) in [5.74, 6) is -1.65. The van der Waals surface area contributed by atoms with Gasteiger partial charge in [0, 0.05) is 5.38 Å². The number of nitrogens with zero attached hydrogens (tertiary/aromatic N) is 1. The quantitative estimate of drug-likeness (QED) is 0.778. The Morgan fingerprint density at radius 2 is 2.08 bits per heavy atom. The lowest BCUT2D eigenvalue weighted by atomic mass is 10.2. The molecule has 0 saturated heterocycles. The molecule has 0 atom stereocenters. The summed E-state index contributed by atoms with van der Waals surface area (Å²) in [6.07, 6.45) is -5.24. The summed E-state index contributed by atoms with van der Waals surface area (Å²) < 4.78 is 67.1. The summed E-state index contributed by atoms with van der Waals surface area (Å²) in [5, 5.41) is 10.0. The van der Waals surface area contributed by atoms with Gasteiger partial charge in [0.15, 0.2) is 5.13 Å². The molecule has 0 fully saturated rings. The number of aryl methyl sites for hydroxylation is 1. The molecule has 7 nitrogen and oxygen atoms in total. The van der Waals surface area contributed by atoms with Crippen LogP contribution in [0.4, 0.5) is 18.3 Å². The monoisotopic (exact) mass is 396 g/mol. The molecule has 1 aromatic carbocycles. The minimum atomic E-state index is -4.88. The van der Waals surface area contributed by atoms with E-state index in [1.54, 1.807) is 0 Å². The highest BCUT2D eigenvalue weighted by atomic mass is 32.2. The van der Waals surface area contributed by atoms with Gasteiger partial charge >= 0.3 is 12.3 Å². The SMILES string of the molecule is Cc1cc(OC(F)(F)F)ccc1S(=O)(=O)Nc1nc(CC(=O)O)cs1. The number of carboxylic acid groups (broad SMARTS) is 1. The fourth-order valence-electron chi connectivity index (χ4n) is 1.88. The Morgan fingerprint density at radius 3 is 2.64 bits per heavy atom. The Balaban J connectivity index is 2.21. The molecular formula is C13H11F3N2O5S2. The van der Waals surface area contributed by atoms with Crippen LogP contribution in [-0.2, 0) is 21.2 Å². The second-order valence-electron chi connectivity index (χ2n) is 4.80. The number of anilines is 1. The zero-order chi connectivity index (χ0) is 18.8. The normalized spacial score (nSPS) is 12.0. The highest BCUT2D eigenvalue weighted by Gasteiger charge is 2.31. The highest BCUT2D eigenvalue weighted by Crippen LogP contribution is 2.28. The molecule has 25 heavy (non-hydrogen) atoms. The molecule has 0 radical (unpaired) electrons. The number of halogens is 3. The molecule has 0 aliphatic carbocycles. The number of aliphatic carboxylic acids is 1. The summed E-state index contributed by atoms with van der Waals surface area (Å²) in [7, 11) is -4.11. The number of alkyl halides is 3. The second-order valence-corrected chi connectivity index (χ2v) is 7.30. The maximum atomic E-state index is 12.3. The van der Waals surface area contributed by atoms with Gasteiger partial charge in [-0.25, -0.2) is 13.4 Å². The lowest BCUT2D eigenvalue weighted by Gasteiger charge is -2.12. The van der Waals surface area contributed by atoms with Crippen molar-refractivity contribution in [3.63, 3.8) is 0 Å². The van der Waals surface area contributed by atoms with E-state index in [1.165, 1.54) is 12.3 Å². The largest absolute Gasteiger partial charge is 0.573 e. The first-order chi connectivity index (χ1) is 11.5. The zero-order valence-corrected chi connectivity index (χ0v) is 14.1. The standard InChI is InChI=1S/C13H11F3N2O5S2/c1-7-4-9(23-13(14,15)16)2-3-10(7)25(21,22)18-12-17-8(6-24-12)5-11(19)20/h2-4,6H,5H2,1H3,(H,17,18)(H,19,20). The van der Waals surface area contributed by atoms with Crippen molar-refractivity contribution >= 4 is 32.5 Å². The van der Waals surface area contributed by atoms with E-state index in [9.17, 15) is 26.4 Å². The highest BCUT2D eigenvalue weighted by molar-refractivity contribution is 7.93. The Morgan fingerprint density at radius 1 is 1.40 bits per heavy atom. The van der Waals surface area contributed by atoms with E-state index in [4.69, 9.17) is 5.11 Å². The third kappa shape index (κ3) is 5.32. The van der Waals surface area contributed by atoms with E-state index < -0.39 is 28.1 Å². The van der Waals surface area contributed by atoms with Crippen molar-refractivity contribution in [1.29, 1.82) is 0 Å². The summed E-state index contributed by atoms with van der Waals surface area (Å²) in [4.78, 5) is 14.2. The third-order valence-corrected chi connectivity index (χ3v) is 5.21. The zero-order valence-electron chi connectivity index (χ0n) is 12.5. The number of hydrogen-bond acceptors (Lipinski definition) is 6. The average Bonchev–Trinajstić information content (AvgIpc) is 2.81. The lowest BCUT2D eigenvalue weighted by Crippen LogP contribution is -2.18. The molecule has 0 aliphatic heterocycles. The molecule has 2 rings (SSSR count).